The molecule has 7 heteroatoms. The minimum atomic E-state index is -1.16. The van der Waals surface area contributed by atoms with Gasteiger partial charge in [-0.15, -0.1) is 0 Å². The molecule has 3 aromatic rings. The van der Waals surface area contributed by atoms with Crippen LogP contribution in [0.15, 0.2) is 66.7 Å². The van der Waals surface area contributed by atoms with Gasteiger partial charge in [-0.05, 0) is 60.4 Å². The molecule has 5 nitrogen and oxygen atoms in total. The molecule has 2 atom stereocenters. The van der Waals surface area contributed by atoms with E-state index in [1.165, 1.54) is 6.42 Å². The van der Waals surface area contributed by atoms with Crippen LogP contribution in [0.3, 0.4) is 0 Å². The molecule has 0 radical (unpaired) electrons. The first-order valence-electron chi connectivity index (χ1n) is 12.8. The van der Waals surface area contributed by atoms with Crippen molar-refractivity contribution in [2.75, 3.05) is 14.2 Å². The maximum Gasteiger partial charge on any atom is 0.175 e. The van der Waals surface area contributed by atoms with Gasteiger partial charge in [0, 0.05) is 27.6 Å². The molecule has 0 bridgehead atoms. The fourth-order valence-corrected chi connectivity index (χ4v) is 6.03. The largest absolute Gasteiger partial charge is 0.497 e. The van der Waals surface area contributed by atoms with Crippen LogP contribution in [-0.2, 0) is 10.5 Å². The van der Waals surface area contributed by atoms with Gasteiger partial charge in [-0.3, -0.25) is 15.4 Å². The number of carbonyl (C=O) groups is 1. The molecule has 2 N–H and O–H groups in total. The van der Waals surface area contributed by atoms with E-state index >= 15 is 0 Å². The second-order valence-corrected chi connectivity index (χ2v) is 10.7. The molecule has 5 rings (SSSR count). The fraction of sp³-hybridized carbons (Fsp3) is 0.367. The Labute approximate surface area is 228 Å². The average Bonchev–Trinajstić information content (AvgIpc) is 3.35. The van der Waals surface area contributed by atoms with E-state index in [-0.39, 0.29) is 23.8 Å². The lowest BCUT2D eigenvalue weighted by molar-refractivity contribution is -0.131. The van der Waals surface area contributed by atoms with E-state index in [0.29, 0.717) is 21.5 Å². The number of carbonyl (C=O) groups excluding carboxylic acids is 1. The van der Waals surface area contributed by atoms with E-state index in [0.717, 1.165) is 42.4 Å². The maximum atomic E-state index is 14.6. The summed E-state index contributed by atoms with van der Waals surface area (Å²) in [6.45, 7) is 0. The number of ether oxygens (including phenoxy) is 2. The van der Waals surface area contributed by atoms with E-state index in [1.54, 1.807) is 14.2 Å². The highest BCUT2D eigenvalue weighted by atomic mass is 35.5. The van der Waals surface area contributed by atoms with Crippen LogP contribution in [-0.4, -0.2) is 20.0 Å². The molecule has 37 heavy (non-hydrogen) atoms. The first-order chi connectivity index (χ1) is 17.9. The standard InChI is InChI=1S/C30H32Cl2N2O3/c1-36-24-16-17-25(26(18-24)37-2)30(29(35)21-6-4-3-5-7-21)33-27(19-8-12-22(31)13-9-19)28(34-30)20-10-14-23(32)15-11-20/h8-18,21,27-28,33-34H,3-7H2,1-2H3. The quantitative estimate of drug-likeness (QED) is 0.339. The van der Waals surface area contributed by atoms with Crippen LogP contribution >= 0.6 is 23.2 Å². The van der Waals surface area contributed by atoms with Gasteiger partial charge in [0.05, 0.1) is 26.3 Å². The molecule has 0 aromatic heterocycles. The highest BCUT2D eigenvalue weighted by Gasteiger charge is 2.54. The molecule has 1 saturated carbocycles. The predicted octanol–water partition coefficient (Wildman–Crippen LogP) is 6.99. The highest BCUT2D eigenvalue weighted by molar-refractivity contribution is 6.30. The van der Waals surface area contributed by atoms with Gasteiger partial charge in [0.15, 0.2) is 11.4 Å². The maximum absolute atomic E-state index is 14.6. The lowest BCUT2D eigenvalue weighted by Gasteiger charge is -2.35. The molecule has 0 spiro atoms. The van der Waals surface area contributed by atoms with E-state index in [2.05, 4.69) is 10.6 Å². The number of ketones is 1. The molecule has 1 aliphatic heterocycles. The van der Waals surface area contributed by atoms with Crippen molar-refractivity contribution in [1.29, 1.82) is 0 Å². The van der Waals surface area contributed by atoms with Gasteiger partial charge in [0.25, 0.3) is 0 Å². The number of benzene rings is 3. The molecule has 1 heterocycles. The van der Waals surface area contributed by atoms with Gasteiger partial charge in [-0.25, -0.2) is 0 Å². The lowest BCUT2D eigenvalue weighted by atomic mass is 9.79. The first kappa shape index (κ1) is 26.1. The molecule has 2 aliphatic rings. The van der Waals surface area contributed by atoms with Crippen LogP contribution in [0.25, 0.3) is 0 Å². The Morgan fingerprint density at radius 3 is 1.81 bits per heavy atom. The van der Waals surface area contributed by atoms with Crippen LogP contribution in [0.2, 0.25) is 10.0 Å². The number of methoxy groups -OCH3 is 2. The van der Waals surface area contributed by atoms with Crippen molar-refractivity contribution in [2.24, 2.45) is 5.92 Å². The fourth-order valence-electron chi connectivity index (χ4n) is 5.78. The van der Waals surface area contributed by atoms with Crippen molar-refractivity contribution in [3.05, 3.63) is 93.5 Å². The van der Waals surface area contributed by atoms with Crippen molar-refractivity contribution in [3.8, 4) is 11.5 Å². The van der Waals surface area contributed by atoms with Crippen LogP contribution in [0.4, 0.5) is 0 Å². The van der Waals surface area contributed by atoms with Crippen molar-refractivity contribution in [1.82, 2.24) is 10.6 Å². The van der Waals surface area contributed by atoms with Gasteiger partial charge in [-0.2, -0.15) is 0 Å². The number of nitrogens with one attached hydrogen (secondary N) is 2. The summed E-state index contributed by atoms with van der Waals surface area (Å²) in [6.07, 6.45) is 5.07. The van der Waals surface area contributed by atoms with Gasteiger partial charge in [-0.1, -0.05) is 66.7 Å². The Balaban J connectivity index is 1.67. The van der Waals surface area contributed by atoms with Crippen LogP contribution in [0.5, 0.6) is 11.5 Å². The van der Waals surface area contributed by atoms with Crippen LogP contribution in [0.1, 0.15) is 60.9 Å². The molecule has 194 valence electrons. The molecule has 3 aromatic carbocycles. The Kier molecular flexibility index (Phi) is 7.77. The van der Waals surface area contributed by atoms with E-state index in [4.69, 9.17) is 32.7 Å². The Hall–Kier alpha value is -2.57. The average molecular weight is 540 g/mol. The third-order valence-electron chi connectivity index (χ3n) is 7.69. The molecule has 2 unspecified atom stereocenters. The Morgan fingerprint density at radius 1 is 0.784 bits per heavy atom. The van der Waals surface area contributed by atoms with E-state index < -0.39 is 5.66 Å². The third-order valence-corrected chi connectivity index (χ3v) is 8.20. The van der Waals surface area contributed by atoms with Gasteiger partial charge >= 0.3 is 0 Å². The van der Waals surface area contributed by atoms with Crippen LogP contribution < -0.4 is 20.1 Å². The summed E-state index contributed by atoms with van der Waals surface area (Å²) in [5.74, 6) is 1.36. The van der Waals surface area contributed by atoms with Crippen molar-refractivity contribution < 1.29 is 14.3 Å². The number of hydrogen-bond acceptors (Lipinski definition) is 5. The molecule has 2 fully saturated rings. The number of halogens is 2. The van der Waals surface area contributed by atoms with Crippen LogP contribution in [0, 0.1) is 5.92 Å². The Morgan fingerprint density at radius 2 is 1.32 bits per heavy atom. The minimum absolute atomic E-state index is 0.0459. The Bertz CT molecular complexity index is 1190. The normalized spacial score (nSPS) is 24.1. The summed E-state index contributed by atoms with van der Waals surface area (Å²) < 4.78 is 11.3. The SMILES string of the molecule is COc1ccc(C2(C(=O)C3CCCCC3)NC(c3ccc(Cl)cc3)C(c3ccc(Cl)cc3)N2)c(OC)c1. The lowest BCUT2D eigenvalue weighted by Crippen LogP contribution is -2.56. The smallest absolute Gasteiger partial charge is 0.175 e. The van der Waals surface area contributed by atoms with Gasteiger partial charge in [0.2, 0.25) is 0 Å². The second-order valence-electron chi connectivity index (χ2n) is 9.86. The molecule has 0 amide bonds. The van der Waals surface area contributed by atoms with Crippen molar-refractivity contribution in [2.45, 2.75) is 49.9 Å². The minimum Gasteiger partial charge on any atom is -0.497 e. The van der Waals surface area contributed by atoms with Gasteiger partial charge in [0.1, 0.15) is 11.5 Å². The monoisotopic (exact) mass is 538 g/mol. The second kappa shape index (κ2) is 11.0. The topological polar surface area (TPSA) is 59.6 Å². The summed E-state index contributed by atoms with van der Waals surface area (Å²) in [6, 6.07) is 20.8. The number of hydrogen-bond donors (Lipinski definition) is 2. The predicted molar refractivity (Wildman–Crippen MR) is 147 cm³/mol. The zero-order valence-electron chi connectivity index (χ0n) is 21.1. The molecule has 1 saturated heterocycles. The number of Topliss-reactive ketones (excluding diaryl/α,β-unsaturated/α-hetero) is 1. The van der Waals surface area contributed by atoms with E-state index in [9.17, 15) is 4.79 Å². The molecular formula is C30H32Cl2N2O3. The summed E-state index contributed by atoms with van der Waals surface area (Å²) in [5, 5.41) is 8.87. The number of rotatable bonds is 7. The van der Waals surface area contributed by atoms with E-state index in [1.807, 2.05) is 66.7 Å². The zero-order chi connectivity index (χ0) is 26.0. The zero-order valence-corrected chi connectivity index (χ0v) is 22.6. The molecular weight excluding hydrogens is 507 g/mol. The highest BCUT2D eigenvalue weighted by Crippen LogP contribution is 2.46. The first-order valence-corrected chi connectivity index (χ1v) is 13.5. The summed E-state index contributed by atoms with van der Waals surface area (Å²) in [7, 11) is 3.25. The van der Waals surface area contributed by atoms with Crippen molar-refractivity contribution in [3.63, 3.8) is 0 Å². The third kappa shape index (κ3) is 5.10. The van der Waals surface area contributed by atoms with Crippen molar-refractivity contribution >= 4 is 29.0 Å². The summed E-state index contributed by atoms with van der Waals surface area (Å²) in [4.78, 5) is 14.6. The summed E-state index contributed by atoms with van der Waals surface area (Å²) >= 11 is 12.5. The van der Waals surface area contributed by atoms with Gasteiger partial charge < -0.3 is 9.47 Å². The summed E-state index contributed by atoms with van der Waals surface area (Å²) in [5.41, 5.74) is 1.65. The molecule has 1 aliphatic carbocycles.